The van der Waals surface area contributed by atoms with Gasteiger partial charge >= 0.3 is 0 Å². The first-order chi connectivity index (χ1) is 37.7. The summed E-state index contributed by atoms with van der Waals surface area (Å²) in [6, 6.07) is 93.4. The van der Waals surface area contributed by atoms with Gasteiger partial charge in [0.25, 0.3) is 0 Å². The van der Waals surface area contributed by atoms with E-state index in [4.69, 9.17) is 15.0 Å². The van der Waals surface area contributed by atoms with Gasteiger partial charge in [0.1, 0.15) is 0 Å². The molecule has 5 heterocycles. The summed E-state index contributed by atoms with van der Waals surface area (Å²) in [4.78, 5) is 16.1. The minimum Gasteiger partial charge on any atom is -0.307 e. The second kappa shape index (κ2) is 16.6. The molecule has 0 atom stereocenters. The van der Waals surface area contributed by atoms with Crippen LogP contribution >= 0.6 is 0 Å². The van der Waals surface area contributed by atoms with Crippen molar-refractivity contribution in [3.8, 4) is 56.9 Å². The van der Waals surface area contributed by atoms with E-state index in [9.17, 15) is 0 Å². The van der Waals surface area contributed by atoms with Crippen molar-refractivity contribution in [2.24, 2.45) is 0 Å². The highest BCUT2D eigenvalue weighted by Crippen LogP contribution is 2.46. The lowest BCUT2D eigenvalue weighted by atomic mass is 10.1. The van der Waals surface area contributed by atoms with Gasteiger partial charge in [-0.3, -0.25) is 0 Å². The maximum absolute atomic E-state index is 5.44. The van der Waals surface area contributed by atoms with E-state index in [0.717, 1.165) is 94.3 Å². The number of nitrogens with zero attached hydrogens (tertiary/aromatic N) is 7. The van der Waals surface area contributed by atoms with Gasteiger partial charge in [0.2, 0.25) is 0 Å². The van der Waals surface area contributed by atoms with Crippen LogP contribution in [-0.2, 0) is 0 Å². The third kappa shape index (κ3) is 6.20. The average Bonchev–Trinajstić information content (AvgIpc) is 4.42. The minimum atomic E-state index is 0.574. The van der Waals surface area contributed by atoms with Crippen molar-refractivity contribution in [1.29, 1.82) is 0 Å². The zero-order valence-corrected chi connectivity index (χ0v) is 41.0. The van der Waals surface area contributed by atoms with E-state index in [1.165, 1.54) is 32.3 Å². The van der Waals surface area contributed by atoms with E-state index >= 15 is 0 Å². The van der Waals surface area contributed by atoms with Gasteiger partial charge in [-0.1, -0.05) is 194 Å². The fourth-order valence-electron chi connectivity index (χ4n) is 12.2. The van der Waals surface area contributed by atoms with Crippen molar-refractivity contribution in [2.75, 3.05) is 0 Å². The smallest absolute Gasteiger partial charge is 0.166 e. The lowest BCUT2D eigenvalue weighted by Crippen LogP contribution is -2.06. The molecule has 0 unspecified atom stereocenters. The molecule has 0 aliphatic carbocycles. The van der Waals surface area contributed by atoms with Gasteiger partial charge < -0.3 is 18.3 Å². The van der Waals surface area contributed by atoms with Crippen molar-refractivity contribution in [3.05, 3.63) is 261 Å². The van der Waals surface area contributed by atoms with Crippen molar-refractivity contribution in [2.45, 2.75) is 0 Å². The van der Waals surface area contributed by atoms with Crippen LogP contribution in [0.2, 0.25) is 0 Å². The molecule has 16 aromatic rings. The van der Waals surface area contributed by atoms with Gasteiger partial charge in [0, 0.05) is 76.8 Å². The lowest BCUT2D eigenvalue weighted by Gasteiger charge is -2.19. The Morgan fingerprint density at radius 2 is 0.539 bits per heavy atom. The second-order valence-corrected chi connectivity index (χ2v) is 19.5. The number of benzene rings is 11. The van der Waals surface area contributed by atoms with Crippen LogP contribution in [0.1, 0.15) is 0 Å². The Labute approximate surface area is 436 Å². The van der Waals surface area contributed by atoms with Gasteiger partial charge in [-0.25, -0.2) is 15.0 Å². The van der Waals surface area contributed by atoms with Crippen LogP contribution in [0.4, 0.5) is 0 Å². The normalized spacial score (nSPS) is 11.9. The van der Waals surface area contributed by atoms with E-state index in [2.05, 4.69) is 243 Å². The van der Waals surface area contributed by atoms with E-state index in [1.54, 1.807) is 0 Å². The van der Waals surface area contributed by atoms with Crippen LogP contribution in [0.5, 0.6) is 0 Å². The second-order valence-electron chi connectivity index (χ2n) is 19.5. The monoisotopic (exact) mass is 969 g/mol. The molecule has 0 saturated carbocycles. The molecule has 0 aliphatic heterocycles. The topological polar surface area (TPSA) is 58.4 Å². The van der Waals surface area contributed by atoms with Crippen molar-refractivity contribution in [1.82, 2.24) is 33.2 Å². The van der Waals surface area contributed by atoms with E-state index in [1.807, 2.05) is 36.4 Å². The predicted molar refractivity (Wildman–Crippen MR) is 313 cm³/mol. The molecule has 5 aromatic heterocycles. The Balaban J connectivity index is 1.09. The van der Waals surface area contributed by atoms with Crippen LogP contribution < -0.4 is 0 Å². The Hall–Kier alpha value is -10.4. The summed E-state index contributed by atoms with van der Waals surface area (Å²) in [6.07, 6.45) is 0. The number of rotatable bonds is 7. The zero-order chi connectivity index (χ0) is 49.8. The van der Waals surface area contributed by atoms with Gasteiger partial charge in [0.05, 0.1) is 49.8 Å². The molecule has 0 amide bonds. The average molecular weight is 970 g/mol. The van der Waals surface area contributed by atoms with Crippen LogP contribution in [0.15, 0.2) is 261 Å². The molecule has 0 radical (unpaired) electrons. The summed E-state index contributed by atoms with van der Waals surface area (Å²) < 4.78 is 9.87. The molecule has 0 bridgehead atoms. The number of para-hydroxylation sites is 6. The molecule has 76 heavy (non-hydrogen) atoms. The minimum absolute atomic E-state index is 0.574. The summed E-state index contributed by atoms with van der Waals surface area (Å²) in [5.74, 6) is 1.78. The van der Waals surface area contributed by atoms with E-state index in [-0.39, 0.29) is 0 Å². The maximum Gasteiger partial charge on any atom is 0.166 e. The molecule has 7 nitrogen and oxygen atoms in total. The first-order valence-electron chi connectivity index (χ1n) is 25.8. The molecule has 11 aromatic carbocycles. The lowest BCUT2D eigenvalue weighted by molar-refractivity contribution is 1.06. The first-order valence-corrected chi connectivity index (χ1v) is 25.8. The molecular formula is C69H43N7. The third-order valence-electron chi connectivity index (χ3n) is 15.4. The molecule has 7 heteroatoms. The van der Waals surface area contributed by atoms with E-state index in [0.29, 0.717) is 17.5 Å². The van der Waals surface area contributed by atoms with Gasteiger partial charge in [0.15, 0.2) is 17.5 Å². The summed E-state index contributed by atoms with van der Waals surface area (Å²) in [6.45, 7) is 0. The van der Waals surface area contributed by atoms with Gasteiger partial charge in [-0.05, 0) is 66.7 Å². The first kappa shape index (κ1) is 42.2. The molecule has 0 fully saturated rings. The molecule has 16 rings (SSSR count). The van der Waals surface area contributed by atoms with Crippen LogP contribution in [0.25, 0.3) is 144 Å². The molecule has 354 valence electrons. The predicted octanol–water partition coefficient (Wildman–Crippen LogP) is 17.3. The Bertz CT molecular complexity index is 4910. The Kier molecular flexibility index (Phi) is 9.20. The summed E-state index contributed by atoms with van der Waals surface area (Å²) >= 11 is 0. The SMILES string of the molecule is c1ccc(-c2nc(-c3ccccc3)nc(-c3ccc(-n4c5ccccc5c5ccc6c7ccccc7n(-c7ccccc7)c6c54)cc3-n3c4ccccc4c4ccc5c6ccccc6n(-c6ccccc6)c5c43)n2)cc1. The largest absolute Gasteiger partial charge is 0.307 e. The number of aromatic nitrogens is 7. The summed E-state index contributed by atoms with van der Waals surface area (Å²) in [5, 5.41) is 9.42. The van der Waals surface area contributed by atoms with Crippen LogP contribution in [-0.4, -0.2) is 33.2 Å². The summed E-state index contributed by atoms with van der Waals surface area (Å²) in [7, 11) is 0. The zero-order valence-electron chi connectivity index (χ0n) is 41.0. The fourth-order valence-corrected chi connectivity index (χ4v) is 12.2. The van der Waals surface area contributed by atoms with E-state index < -0.39 is 0 Å². The molecule has 0 aliphatic rings. The Morgan fingerprint density at radius 3 is 0.947 bits per heavy atom. The van der Waals surface area contributed by atoms with Crippen molar-refractivity contribution < 1.29 is 0 Å². The quantitative estimate of drug-likeness (QED) is 0.160. The maximum atomic E-state index is 5.44. The summed E-state index contributed by atoms with van der Waals surface area (Å²) in [5.41, 5.74) is 15.8. The third-order valence-corrected chi connectivity index (χ3v) is 15.4. The highest BCUT2D eigenvalue weighted by atomic mass is 15.1. The van der Waals surface area contributed by atoms with Crippen LogP contribution in [0, 0.1) is 0 Å². The standard InChI is InChI=1S/C69H43N7/c1-5-21-44(22-6-1)67-70-68(45-23-7-2-8-24-45)72-69(71-67)57-38-37-48(75-60-35-19-15-31-51(60)54-40-39-53-49-29-13-17-33-58(49)73(63(53)64(54)75)46-25-9-3-10-26-46)43-62(57)76-61-36-20-16-32-52(61)56-42-41-55-50-30-14-18-34-59(50)74(65(55)66(56)76)47-27-11-4-12-28-47/h1-43H. The van der Waals surface area contributed by atoms with Gasteiger partial charge in [-0.2, -0.15) is 0 Å². The van der Waals surface area contributed by atoms with Crippen molar-refractivity contribution in [3.63, 3.8) is 0 Å². The fraction of sp³-hybridized carbons (Fsp3) is 0. The highest BCUT2D eigenvalue weighted by molar-refractivity contribution is 6.25. The van der Waals surface area contributed by atoms with Crippen LogP contribution in [0.3, 0.4) is 0 Å². The number of hydrogen-bond donors (Lipinski definition) is 0. The number of hydrogen-bond acceptors (Lipinski definition) is 3. The molecular weight excluding hydrogens is 927 g/mol. The Morgan fingerprint density at radius 1 is 0.224 bits per heavy atom. The van der Waals surface area contributed by atoms with Crippen molar-refractivity contribution >= 4 is 87.2 Å². The molecule has 0 N–H and O–H groups in total. The molecule has 0 spiro atoms. The highest BCUT2D eigenvalue weighted by Gasteiger charge is 2.27. The molecule has 0 saturated heterocycles. The van der Waals surface area contributed by atoms with Gasteiger partial charge in [-0.15, -0.1) is 0 Å². The number of fused-ring (bicyclic) bond motifs is 14.